The first-order valence-electron chi connectivity index (χ1n) is 8.99. The van der Waals surface area contributed by atoms with Crippen LogP contribution in [0.4, 0.5) is 0 Å². The van der Waals surface area contributed by atoms with Gasteiger partial charge >= 0.3 is 5.97 Å². The Bertz CT molecular complexity index is 688. The van der Waals surface area contributed by atoms with Crippen LogP contribution in [0.25, 0.3) is 0 Å². The summed E-state index contributed by atoms with van der Waals surface area (Å²) >= 11 is 5.80. The number of benzene rings is 1. The minimum absolute atomic E-state index is 0.115. The van der Waals surface area contributed by atoms with Crippen LogP contribution in [0.5, 0.6) is 5.75 Å². The van der Waals surface area contributed by atoms with Gasteiger partial charge in [0.05, 0.1) is 0 Å². The summed E-state index contributed by atoms with van der Waals surface area (Å²) in [5, 5.41) is 0.596. The van der Waals surface area contributed by atoms with Crippen LogP contribution in [0.3, 0.4) is 0 Å². The van der Waals surface area contributed by atoms with E-state index in [1.807, 2.05) is 4.90 Å². The zero-order chi connectivity index (χ0) is 18.9. The number of esters is 1. The van der Waals surface area contributed by atoms with Crippen LogP contribution < -0.4 is 4.74 Å². The first kappa shape index (κ1) is 19.0. The molecule has 1 heterocycles. The fourth-order valence-electron chi connectivity index (χ4n) is 4.69. The van der Waals surface area contributed by atoms with Gasteiger partial charge in [0, 0.05) is 17.6 Å². The Morgan fingerprint density at radius 2 is 1.85 bits per heavy atom. The Morgan fingerprint density at radius 1 is 1.15 bits per heavy atom. The van der Waals surface area contributed by atoms with Gasteiger partial charge in [-0.15, -0.1) is 0 Å². The zero-order valence-corrected chi connectivity index (χ0v) is 16.3. The molecule has 0 N–H and O–H groups in total. The van der Waals surface area contributed by atoms with E-state index < -0.39 is 5.97 Å². The van der Waals surface area contributed by atoms with Crippen LogP contribution in [0.1, 0.15) is 40.0 Å². The summed E-state index contributed by atoms with van der Waals surface area (Å²) in [7, 11) is 0. The van der Waals surface area contributed by atoms with Gasteiger partial charge in [-0.05, 0) is 54.4 Å². The molecule has 2 bridgehead atoms. The molecule has 0 radical (unpaired) electrons. The van der Waals surface area contributed by atoms with E-state index in [9.17, 15) is 9.59 Å². The normalized spacial score (nSPS) is 26.5. The lowest BCUT2D eigenvalue weighted by Gasteiger charge is -2.39. The second-order valence-electron chi connectivity index (χ2n) is 8.64. The number of fused-ring (bicyclic) bond motifs is 2. The van der Waals surface area contributed by atoms with Crippen molar-refractivity contribution in [2.24, 2.45) is 10.8 Å². The van der Waals surface area contributed by atoms with Crippen molar-refractivity contribution in [1.29, 1.82) is 0 Å². The molecular weight excluding hydrogens is 354 g/mol. The highest BCUT2D eigenvalue weighted by Gasteiger charge is 2.50. The molecule has 1 amide bonds. The van der Waals surface area contributed by atoms with E-state index in [1.54, 1.807) is 24.3 Å². The topological polar surface area (TPSA) is 55.8 Å². The van der Waals surface area contributed by atoms with Gasteiger partial charge < -0.3 is 14.4 Å². The van der Waals surface area contributed by atoms with Crippen molar-refractivity contribution in [2.75, 3.05) is 19.8 Å². The van der Waals surface area contributed by atoms with E-state index in [2.05, 4.69) is 20.8 Å². The predicted molar refractivity (Wildman–Crippen MR) is 99.1 cm³/mol. The van der Waals surface area contributed by atoms with Gasteiger partial charge in [-0.2, -0.15) is 0 Å². The summed E-state index contributed by atoms with van der Waals surface area (Å²) in [6.07, 6.45) is 3.16. The summed E-state index contributed by atoms with van der Waals surface area (Å²) in [5.74, 6) is -0.139. The largest absolute Gasteiger partial charge is 0.482 e. The number of nitrogens with zero attached hydrogens (tertiary/aromatic N) is 1. The molecule has 26 heavy (non-hydrogen) atoms. The SMILES string of the molecule is CC1(C)C[C@@H]2C[C@@](C)(CN2C(=O)COC(=O)COc2ccc(Cl)cc2)C1. The monoisotopic (exact) mass is 379 g/mol. The second-order valence-corrected chi connectivity index (χ2v) is 9.08. The summed E-state index contributed by atoms with van der Waals surface area (Å²) in [4.78, 5) is 26.3. The Balaban J connectivity index is 1.47. The number of halogens is 1. The van der Waals surface area contributed by atoms with Crippen molar-refractivity contribution in [3.8, 4) is 5.75 Å². The Morgan fingerprint density at radius 3 is 2.54 bits per heavy atom. The number of ether oxygens (including phenoxy) is 2. The molecule has 1 saturated heterocycles. The van der Waals surface area contributed by atoms with Gasteiger partial charge in [-0.1, -0.05) is 32.4 Å². The van der Waals surface area contributed by atoms with Crippen LogP contribution in [-0.2, 0) is 14.3 Å². The minimum Gasteiger partial charge on any atom is -0.482 e. The zero-order valence-electron chi connectivity index (χ0n) is 15.6. The fourth-order valence-corrected chi connectivity index (χ4v) is 4.82. The lowest BCUT2D eigenvalue weighted by molar-refractivity contribution is -0.154. The van der Waals surface area contributed by atoms with Gasteiger partial charge in [0.2, 0.25) is 0 Å². The van der Waals surface area contributed by atoms with Crippen molar-refractivity contribution >= 4 is 23.5 Å². The molecular formula is C20H26ClNO4. The van der Waals surface area contributed by atoms with E-state index in [-0.39, 0.29) is 36.0 Å². The molecule has 5 nitrogen and oxygen atoms in total. The van der Waals surface area contributed by atoms with Crippen molar-refractivity contribution < 1.29 is 19.1 Å². The average molecular weight is 380 g/mol. The third-order valence-corrected chi connectivity index (χ3v) is 5.51. The lowest BCUT2D eigenvalue weighted by atomic mass is 9.65. The number of hydrogen-bond acceptors (Lipinski definition) is 4. The molecule has 2 fully saturated rings. The lowest BCUT2D eigenvalue weighted by Crippen LogP contribution is -2.40. The predicted octanol–water partition coefficient (Wildman–Crippen LogP) is 3.69. The Kier molecular flexibility index (Phi) is 5.20. The summed E-state index contributed by atoms with van der Waals surface area (Å²) < 4.78 is 10.4. The maximum absolute atomic E-state index is 12.6. The Labute approximate surface area is 159 Å². The molecule has 1 aliphatic heterocycles. The van der Waals surface area contributed by atoms with Gasteiger partial charge in [0.1, 0.15) is 5.75 Å². The summed E-state index contributed by atoms with van der Waals surface area (Å²) in [5.41, 5.74) is 0.416. The molecule has 1 aliphatic carbocycles. The quantitative estimate of drug-likeness (QED) is 0.732. The number of carbonyl (C=O) groups excluding carboxylic acids is 2. The molecule has 6 heteroatoms. The second kappa shape index (κ2) is 7.10. The van der Waals surface area contributed by atoms with Crippen molar-refractivity contribution in [3.05, 3.63) is 29.3 Å². The number of likely N-dealkylation sites (tertiary alicyclic amines) is 1. The smallest absolute Gasteiger partial charge is 0.344 e. The van der Waals surface area contributed by atoms with Gasteiger partial charge in [-0.3, -0.25) is 4.79 Å². The molecule has 2 atom stereocenters. The van der Waals surface area contributed by atoms with Crippen molar-refractivity contribution in [3.63, 3.8) is 0 Å². The average Bonchev–Trinajstić information content (AvgIpc) is 2.81. The Hall–Kier alpha value is -1.75. The molecule has 142 valence electrons. The molecule has 1 aromatic rings. The number of rotatable bonds is 5. The highest BCUT2D eigenvalue weighted by atomic mass is 35.5. The van der Waals surface area contributed by atoms with Gasteiger partial charge in [0.15, 0.2) is 13.2 Å². The fraction of sp³-hybridized carbons (Fsp3) is 0.600. The third kappa shape index (κ3) is 4.50. The third-order valence-electron chi connectivity index (χ3n) is 5.26. The molecule has 3 rings (SSSR count). The van der Waals surface area contributed by atoms with E-state index in [0.29, 0.717) is 10.8 Å². The summed E-state index contributed by atoms with van der Waals surface area (Å²) in [6.45, 7) is 7.07. The maximum atomic E-state index is 12.6. The summed E-state index contributed by atoms with van der Waals surface area (Å²) in [6, 6.07) is 6.96. The highest BCUT2D eigenvalue weighted by molar-refractivity contribution is 6.30. The maximum Gasteiger partial charge on any atom is 0.344 e. The van der Waals surface area contributed by atoms with Crippen molar-refractivity contribution in [2.45, 2.75) is 46.1 Å². The van der Waals surface area contributed by atoms with E-state index in [4.69, 9.17) is 21.1 Å². The standard InChI is InChI=1S/C20H26ClNO4/c1-19(2)8-15-9-20(3,12-19)13-22(15)17(23)10-26-18(24)11-25-16-6-4-14(21)5-7-16/h4-7,15H,8-13H2,1-3H3/t15-,20-/m1/s1. The van der Waals surface area contributed by atoms with Crippen molar-refractivity contribution in [1.82, 2.24) is 4.90 Å². The van der Waals surface area contributed by atoms with Crippen LogP contribution >= 0.6 is 11.6 Å². The van der Waals surface area contributed by atoms with Crippen LogP contribution in [0.2, 0.25) is 5.02 Å². The van der Waals surface area contributed by atoms with E-state index >= 15 is 0 Å². The van der Waals surface area contributed by atoms with Gasteiger partial charge in [0.25, 0.3) is 5.91 Å². The molecule has 1 aromatic carbocycles. The van der Waals surface area contributed by atoms with E-state index in [0.717, 1.165) is 25.8 Å². The van der Waals surface area contributed by atoms with Crippen LogP contribution in [0.15, 0.2) is 24.3 Å². The number of hydrogen-bond donors (Lipinski definition) is 0. The van der Waals surface area contributed by atoms with E-state index in [1.165, 1.54) is 0 Å². The van der Waals surface area contributed by atoms with Gasteiger partial charge in [-0.25, -0.2) is 4.79 Å². The highest BCUT2D eigenvalue weighted by Crippen LogP contribution is 2.52. The van der Waals surface area contributed by atoms with Crippen LogP contribution in [0, 0.1) is 10.8 Å². The molecule has 0 spiro atoms. The first-order chi connectivity index (χ1) is 12.2. The van der Waals surface area contributed by atoms with Crippen LogP contribution in [-0.4, -0.2) is 42.6 Å². The number of amides is 1. The first-order valence-corrected chi connectivity index (χ1v) is 9.37. The molecule has 0 unspecified atom stereocenters. The minimum atomic E-state index is -0.554. The molecule has 1 saturated carbocycles. The molecule has 0 aromatic heterocycles. The molecule has 2 aliphatic rings. The number of carbonyl (C=O) groups is 2.